The number of esters is 1. The van der Waals surface area contributed by atoms with Gasteiger partial charge in [0.1, 0.15) is 0 Å². The average molecular weight is 289 g/mol. The topological polar surface area (TPSA) is 63.7 Å². The van der Waals surface area contributed by atoms with Crippen LogP contribution in [0.1, 0.15) is 39.0 Å². The van der Waals surface area contributed by atoms with E-state index in [2.05, 4.69) is 4.90 Å². The van der Waals surface area contributed by atoms with Gasteiger partial charge < -0.3 is 4.74 Å². The van der Waals surface area contributed by atoms with Crippen LogP contribution in [-0.2, 0) is 19.4 Å². The predicted octanol–water partition coefficient (Wildman–Crippen LogP) is 0.983. The molecule has 2 aliphatic heterocycles. The number of likely N-dealkylation sites (tertiary alicyclic amines) is 1. The Labute approximate surface area is 115 Å². The molecule has 1 unspecified atom stereocenters. The quantitative estimate of drug-likeness (QED) is 0.722. The number of nitrogens with zero attached hydrogens (tertiary/aromatic N) is 1. The molecule has 0 aromatic carbocycles. The molecule has 0 spiro atoms. The minimum Gasteiger partial charge on any atom is -0.466 e. The monoisotopic (exact) mass is 289 g/mol. The normalized spacial score (nSPS) is 31.2. The third kappa shape index (κ3) is 3.48. The lowest BCUT2D eigenvalue weighted by atomic mass is 9.90. The largest absolute Gasteiger partial charge is 0.466 e. The zero-order chi connectivity index (χ0) is 13.9. The Morgan fingerprint density at radius 2 is 1.95 bits per heavy atom. The Balaban J connectivity index is 2.15. The number of hydrogen-bond acceptors (Lipinski definition) is 5. The maximum atomic E-state index is 11.8. The summed E-state index contributed by atoms with van der Waals surface area (Å²) in [7, 11) is -3.01. The highest BCUT2D eigenvalue weighted by molar-refractivity contribution is 7.91. The van der Waals surface area contributed by atoms with Crippen LogP contribution in [0.2, 0.25) is 0 Å². The fourth-order valence-corrected chi connectivity index (χ4v) is 5.33. The lowest BCUT2D eigenvalue weighted by Gasteiger charge is -2.42. The molecular formula is C13H23NO4S. The molecule has 0 aliphatic carbocycles. The lowest BCUT2D eigenvalue weighted by Crippen LogP contribution is -2.53. The SMILES string of the molecule is CCOC(=O)CC1(N2CCCCC2)CCS(=O)(=O)C1. The van der Waals surface area contributed by atoms with Crippen molar-refractivity contribution in [1.82, 2.24) is 4.90 Å². The zero-order valence-electron chi connectivity index (χ0n) is 11.6. The summed E-state index contributed by atoms with van der Waals surface area (Å²) in [4.78, 5) is 14.0. The van der Waals surface area contributed by atoms with E-state index in [0.717, 1.165) is 25.9 Å². The fourth-order valence-electron chi connectivity index (χ4n) is 3.25. The van der Waals surface area contributed by atoms with Gasteiger partial charge in [0.05, 0.1) is 24.5 Å². The van der Waals surface area contributed by atoms with Gasteiger partial charge in [0.25, 0.3) is 0 Å². The second-order valence-electron chi connectivity index (χ2n) is 5.60. The molecule has 0 bridgehead atoms. The molecule has 6 heteroatoms. The van der Waals surface area contributed by atoms with E-state index in [0.29, 0.717) is 13.0 Å². The first-order valence-corrected chi connectivity index (χ1v) is 8.91. The molecule has 0 N–H and O–H groups in total. The first-order chi connectivity index (χ1) is 8.97. The van der Waals surface area contributed by atoms with Crippen molar-refractivity contribution in [1.29, 1.82) is 0 Å². The van der Waals surface area contributed by atoms with Crippen LogP contribution in [0.25, 0.3) is 0 Å². The maximum absolute atomic E-state index is 11.8. The molecule has 0 aromatic rings. The Bertz CT molecular complexity index is 428. The predicted molar refractivity (Wildman–Crippen MR) is 72.7 cm³/mol. The molecule has 2 saturated heterocycles. The van der Waals surface area contributed by atoms with E-state index in [4.69, 9.17) is 4.74 Å². The van der Waals surface area contributed by atoms with Gasteiger partial charge in [-0.15, -0.1) is 0 Å². The summed E-state index contributed by atoms with van der Waals surface area (Å²) in [6, 6.07) is 0. The van der Waals surface area contributed by atoms with Crippen LogP contribution in [-0.4, -0.2) is 56.0 Å². The average Bonchev–Trinajstić information content (AvgIpc) is 2.67. The van der Waals surface area contributed by atoms with Crippen LogP contribution in [0.4, 0.5) is 0 Å². The van der Waals surface area contributed by atoms with Crippen LogP contribution in [0.3, 0.4) is 0 Å². The van der Waals surface area contributed by atoms with Crippen LogP contribution in [0, 0.1) is 0 Å². The summed E-state index contributed by atoms with van der Waals surface area (Å²) in [5, 5.41) is 0. The van der Waals surface area contributed by atoms with Crippen molar-refractivity contribution in [2.24, 2.45) is 0 Å². The van der Waals surface area contributed by atoms with E-state index >= 15 is 0 Å². The van der Waals surface area contributed by atoms with Gasteiger partial charge in [-0.1, -0.05) is 6.42 Å². The van der Waals surface area contributed by atoms with Gasteiger partial charge in [-0.25, -0.2) is 8.42 Å². The first-order valence-electron chi connectivity index (χ1n) is 7.08. The van der Waals surface area contributed by atoms with Crippen LogP contribution in [0.15, 0.2) is 0 Å². The van der Waals surface area contributed by atoms with Crippen LogP contribution >= 0.6 is 0 Å². The van der Waals surface area contributed by atoms with Crippen LogP contribution in [0.5, 0.6) is 0 Å². The minimum absolute atomic E-state index is 0.110. The molecule has 0 saturated carbocycles. The third-order valence-electron chi connectivity index (χ3n) is 4.17. The maximum Gasteiger partial charge on any atom is 0.307 e. The second kappa shape index (κ2) is 5.79. The molecule has 2 heterocycles. The number of piperidine rings is 1. The molecule has 0 radical (unpaired) electrons. The van der Waals surface area contributed by atoms with Gasteiger partial charge in [0, 0.05) is 5.54 Å². The zero-order valence-corrected chi connectivity index (χ0v) is 12.4. The summed E-state index contributed by atoms with van der Waals surface area (Å²) in [5.41, 5.74) is -0.508. The fraction of sp³-hybridized carbons (Fsp3) is 0.923. The molecule has 0 amide bonds. The van der Waals surface area contributed by atoms with Crippen molar-refractivity contribution < 1.29 is 17.9 Å². The van der Waals surface area contributed by atoms with Crippen molar-refractivity contribution in [2.75, 3.05) is 31.2 Å². The molecule has 2 aliphatic rings. The second-order valence-corrected chi connectivity index (χ2v) is 7.78. The Kier molecular flexibility index (Phi) is 4.50. The van der Waals surface area contributed by atoms with Gasteiger partial charge in [0.15, 0.2) is 9.84 Å². The molecule has 19 heavy (non-hydrogen) atoms. The minimum atomic E-state index is -3.01. The highest BCUT2D eigenvalue weighted by Gasteiger charge is 2.48. The number of carbonyl (C=O) groups is 1. The standard InChI is InChI=1S/C13H23NO4S/c1-2-18-12(15)10-13(6-9-19(16,17)11-13)14-7-4-3-5-8-14/h2-11H2,1H3. The summed E-state index contributed by atoms with van der Waals surface area (Å²) in [6.07, 6.45) is 4.14. The van der Waals surface area contributed by atoms with Crippen molar-refractivity contribution in [2.45, 2.75) is 44.6 Å². The molecule has 1 atom stereocenters. The molecular weight excluding hydrogens is 266 g/mol. The molecule has 2 fully saturated rings. The van der Waals surface area contributed by atoms with Gasteiger partial charge in [-0.2, -0.15) is 0 Å². The molecule has 2 rings (SSSR count). The summed E-state index contributed by atoms with van der Waals surface area (Å²) in [6.45, 7) is 3.92. The smallest absolute Gasteiger partial charge is 0.307 e. The van der Waals surface area contributed by atoms with Crippen molar-refractivity contribution in [3.05, 3.63) is 0 Å². The molecule has 5 nitrogen and oxygen atoms in total. The van der Waals surface area contributed by atoms with Crippen molar-refractivity contribution >= 4 is 15.8 Å². The van der Waals surface area contributed by atoms with Crippen molar-refractivity contribution in [3.8, 4) is 0 Å². The van der Waals surface area contributed by atoms with E-state index in [-0.39, 0.29) is 23.9 Å². The van der Waals surface area contributed by atoms with Crippen LogP contribution < -0.4 is 0 Å². The van der Waals surface area contributed by atoms with Gasteiger partial charge >= 0.3 is 5.97 Å². The summed E-state index contributed by atoms with van der Waals surface area (Å²) >= 11 is 0. The number of ether oxygens (including phenoxy) is 1. The van der Waals surface area contributed by atoms with E-state index in [9.17, 15) is 13.2 Å². The van der Waals surface area contributed by atoms with Crippen molar-refractivity contribution in [3.63, 3.8) is 0 Å². The number of hydrogen-bond donors (Lipinski definition) is 0. The highest BCUT2D eigenvalue weighted by atomic mass is 32.2. The summed E-state index contributed by atoms with van der Waals surface area (Å²) in [5.74, 6) is 0.0343. The van der Waals surface area contributed by atoms with E-state index in [1.807, 2.05) is 0 Å². The number of sulfone groups is 1. The van der Waals surface area contributed by atoms with Gasteiger partial charge in [0.2, 0.25) is 0 Å². The van der Waals surface area contributed by atoms with Gasteiger partial charge in [-0.05, 0) is 39.3 Å². The lowest BCUT2D eigenvalue weighted by molar-refractivity contribution is -0.146. The van der Waals surface area contributed by atoms with Gasteiger partial charge in [-0.3, -0.25) is 9.69 Å². The third-order valence-corrected chi connectivity index (χ3v) is 5.98. The Hall–Kier alpha value is -0.620. The Morgan fingerprint density at radius 3 is 2.47 bits per heavy atom. The first kappa shape index (κ1) is 14.8. The molecule has 110 valence electrons. The van der Waals surface area contributed by atoms with E-state index < -0.39 is 15.4 Å². The van der Waals surface area contributed by atoms with E-state index in [1.54, 1.807) is 6.92 Å². The number of carbonyl (C=O) groups excluding carboxylic acids is 1. The summed E-state index contributed by atoms with van der Waals surface area (Å²) < 4.78 is 28.7. The number of rotatable bonds is 4. The highest BCUT2D eigenvalue weighted by Crippen LogP contribution is 2.35. The molecule has 0 aromatic heterocycles. The Morgan fingerprint density at radius 1 is 1.26 bits per heavy atom. The van der Waals surface area contributed by atoms with E-state index in [1.165, 1.54) is 6.42 Å².